The van der Waals surface area contributed by atoms with Crippen LogP contribution in [-0.4, -0.2) is 17.4 Å². The Labute approximate surface area is 67.0 Å². The van der Waals surface area contributed by atoms with Crippen molar-refractivity contribution in [3.63, 3.8) is 0 Å². The first-order valence-corrected chi connectivity index (χ1v) is 4.44. The molecular formula is C6H10N2O2S. The first-order valence-electron chi connectivity index (χ1n) is 3.31. The lowest BCUT2D eigenvalue weighted by Gasteiger charge is -2.01. The van der Waals surface area contributed by atoms with Gasteiger partial charge in [-0.3, -0.25) is 0 Å². The van der Waals surface area contributed by atoms with E-state index >= 15 is 0 Å². The Hall–Kier alpha value is -0.840. The second-order valence-electron chi connectivity index (χ2n) is 2.52. The molecule has 1 heterocycles. The Kier molecular flexibility index (Phi) is 2.28. The Morgan fingerprint density at radius 1 is 1.55 bits per heavy atom. The van der Waals surface area contributed by atoms with E-state index in [0.29, 0.717) is 5.82 Å². The number of nitrogens with zero attached hydrogens (tertiary/aromatic N) is 2. The molecule has 0 aliphatic heterocycles. The summed E-state index contributed by atoms with van der Waals surface area (Å²) in [4.78, 5) is 3.92. The van der Waals surface area contributed by atoms with Crippen LogP contribution >= 0.6 is 0 Å². The van der Waals surface area contributed by atoms with Crippen molar-refractivity contribution in [3.05, 3.63) is 18.2 Å². The Morgan fingerprint density at radius 2 is 2.18 bits per heavy atom. The highest BCUT2D eigenvalue weighted by Crippen LogP contribution is 2.10. The zero-order valence-electron chi connectivity index (χ0n) is 6.39. The standard InChI is InChI=1S/C6H10N2O2S/c1-5(2)6-7-3-4-8(6)11(9)10/h3-5,11H,1-2H3. The summed E-state index contributed by atoms with van der Waals surface area (Å²) in [6, 6.07) is 0. The van der Waals surface area contributed by atoms with Gasteiger partial charge in [-0.1, -0.05) is 13.8 Å². The topological polar surface area (TPSA) is 52.0 Å². The summed E-state index contributed by atoms with van der Waals surface area (Å²) in [5.74, 6) is 0.721. The normalized spacial score (nSPS) is 11.3. The molecule has 0 atom stereocenters. The Bertz CT molecular complexity index is 306. The van der Waals surface area contributed by atoms with Gasteiger partial charge in [0.2, 0.25) is 10.9 Å². The SMILES string of the molecule is CC(C)c1nccn1[SH](=O)=O. The lowest BCUT2D eigenvalue weighted by molar-refractivity contribution is 0.601. The number of hydrogen-bond donors (Lipinski definition) is 1. The van der Waals surface area contributed by atoms with Crippen molar-refractivity contribution in [2.75, 3.05) is 0 Å². The van der Waals surface area contributed by atoms with Crippen LogP contribution in [0, 0.1) is 0 Å². The maximum absolute atomic E-state index is 10.5. The van der Waals surface area contributed by atoms with Gasteiger partial charge >= 0.3 is 0 Å². The molecule has 0 spiro atoms. The number of rotatable bonds is 2. The molecule has 0 radical (unpaired) electrons. The van der Waals surface area contributed by atoms with Gasteiger partial charge in [0.15, 0.2) is 0 Å². The molecule has 0 fully saturated rings. The van der Waals surface area contributed by atoms with E-state index in [9.17, 15) is 8.42 Å². The number of thiol groups is 1. The summed E-state index contributed by atoms with van der Waals surface area (Å²) in [7, 11) is -2.56. The lowest BCUT2D eigenvalue weighted by atomic mass is 10.2. The molecule has 0 amide bonds. The van der Waals surface area contributed by atoms with E-state index in [4.69, 9.17) is 0 Å². The van der Waals surface area contributed by atoms with Crippen LogP contribution in [-0.2, 0) is 10.9 Å². The monoisotopic (exact) mass is 174 g/mol. The second-order valence-corrected chi connectivity index (χ2v) is 3.43. The van der Waals surface area contributed by atoms with Crippen LogP contribution in [0.15, 0.2) is 12.4 Å². The van der Waals surface area contributed by atoms with Gasteiger partial charge in [0.1, 0.15) is 5.82 Å². The first kappa shape index (κ1) is 8.26. The third kappa shape index (κ3) is 1.59. The van der Waals surface area contributed by atoms with Crippen molar-refractivity contribution in [2.24, 2.45) is 0 Å². The fourth-order valence-corrected chi connectivity index (χ4v) is 1.48. The molecule has 0 aliphatic rings. The smallest absolute Gasteiger partial charge is 0.229 e. The molecule has 1 aromatic heterocycles. The molecule has 0 saturated heterocycles. The minimum absolute atomic E-state index is 0.137. The van der Waals surface area contributed by atoms with Gasteiger partial charge in [0.05, 0.1) is 0 Å². The summed E-state index contributed by atoms with van der Waals surface area (Å²) >= 11 is 0. The van der Waals surface area contributed by atoms with Gasteiger partial charge in [0, 0.05) is 18.3 Å². The van der Waals surface area contributed by atoms with Crippen LogP contribution in [0.1, 0.15) is 25.6 Å². The molecule has 0 unspecified atom stereocenters. The molecule has 62 valence electrons. The van der Waals surface area contributed by atoms with Gasteiger partial charge in [0.25, 0.3) is 0 Å². The van der Waals surface area contributed by atoms with E-state index in [1.54, 1.807) is 0 Å². The zero-order chi connectivity index (χ0) is 8.43. The highest BCUT2D eigenvalue weighted by Gasteiger charge is 2.06. The van der Waals surface area contributed by atoms with Crippen molar-refractivity contribution >= 4 is 10.9 Å². The van der Waals surface area contributed by atoms with Crippen molar-refractivity contribution in [1.29, 1.82) is 0 Å². The first-order chi connectivity index (χ1) is 5.13. The largest absolute Gasteiger partial charge is 0.240 e. The van der Waals surface area contributed by atoms with Gasteiger partial charge in [-0.25, -0.2) is 17.4 Å². The van der Waals surface area contributed by atoms with Crippen LogP contribution in [0.3, 0.4) is 0 Å². The van der Waals surface area contributed by atoms with Crippen molar-refractivity contribution in [3.8, 4) is 0 Å². The summed E-state index contributed by atoms with van der Waals surface area (Å²) < 4.78 is 22.3. The van der Waals surface area contributed by atoms with Crippen molar-refractivity contribution in [1.82, 2.24) is 8.96 Å². The van der Waals surface area contributed by atoms with E-state index < -0.39 is 10.9 Å². The predicted molar refractivity (Wildman–Crippen MR) is 42.0 cm³/mol. The van der Waals surface area contributed by atoms with Crippen LogP contribution in [0.5, 0.6) is 0 Å². The number of aromatic nitrogens is 2. The number of hydrogen-bond acceptors (Lipinski definition) is 3. The lowest BCUT2D eigenvalue weighted by Crippen LogP contribution is -2.03. The van der Waals surface area contributed by atoms with Crippen molar-refractivity contribution < 1.29 is 8.42 Å². The predicted octanol–water partition coefficient (Wildman–Crippen LogP) is 0.381. The Morgan fingerprint density at radius 3 is 2.55 bits per heavy atom. The van der Waals surface area contributed by atoms with Gasteiger partial charge in [-0.2, -0.15) is 0 Å². The number of imidazole rings is 1. The molecular weight excluding hydrogens is 164 g/mol. The molecule has 0 aliphatic carbocycles. The maximum Gasteiger partial charge on any atom is 0.229 e. The average Bonchev–Trinajstić information content (AvgIpc) is 2.32. The fourth-order valence-electron chi connectivity index (χ4n) is 0.860. The molecule has 0 N–H and O–H groups in total. The molecule has 0 saturated carbocycles. The van der Waals surface area contributed by atoms with Gasteiger partial charge in [-0.15, -0.1) is 0 Å². The molecule has 0 bridgehead atoms. The third-order valence-corrected chi connectivity index (χ3v) is 2.03. The van der Waals surface area contributed by atoms with E-state index in [2.05, 4.69) is 4.98 Å². The van der Waals surface area contributed by atoms with E-state index in [-0.39, 0.29) is 5.92 Å². The molecule has 4 nitrogen and oxygen atoms in total. The van der Waals surface area contributed by atoms with Crippen LogP contribution in [0.2, 0.25) is 0 Å². The minimum Gasteiger partial charge on any atom is -0.240 e. The summed E-state index contributed by atoms with van der Waals surface area (Å²) in [5, 5.41) is 0. The summed E-state index contributed by atoms with van der Waals surface area (Å²) in [6.45, 7) is 3.80. The van der Waals surface area contributed by atoms with Crippen molar-refractivity contribution in [2.45, 2.75) is 19.8 Å². The highest BCUT2D eigenvalue weighted by atomic mass is 32.2. The summed E-state index contributed by atoms with van der Waals surface area (Å²) in [5.41, 5.74) is 0. The average molecular weight is 174 g/mol. The van der Waals surface area contributed by atoms with Crippen LogP contribution < -0.4 is 0 Å². The maximum atomic E-state index is 10.5. The van der Waals surface area contributed by atoms with E-state index in [1.807, 2.05) is 13.8 Å². The quantitative estimate of drug-likeness (QED) is 0.659. The second kappa shape index (κ2) is 3.04. The van der Waals surface area contributed by atoms with Gasteiger partial charge < -0.3 is 0 Å². The minimum atomic E-state index is -2.56. The zero-order valence-corrected chi connectivity index (χ0v) is 7.28. The van der Waals surface area contributed by atoms with Gasteiger partial charge in [-0.05, 0) is 0 Å². The molecule has 5 heteroatoms. The van der Waals surface area contributed by atoms with E-state index in [0.717, 1.165) is 0 Å². The molecule has 11 heavy (non-hydrogen) atoms. The third-order valence-electron chi connectivity index (χ3n) is 1.34. The molecule has 0 aromatic carbocycles. The fraction of sp³-hybridized carbons (Fsp3) is 0.500. The molecule has 1 aromatic rings. The Balaban J connectivity index is 3.16. The van der Waals surface area contributed by atoms with Crippen LogP contribution in [0.25, 0.3) is 0 Å². The molecule has 1 rings (SSSR count). The highest BCUT2D eigenvalue weighted by molar-refractivity contribution is 7.70. The summed E-state index contributed by atoms with van der Waals surface area (Å²) in [6.07, 6.45) is 2.93. The van der Waals surface area contributed by atoms with Crippen LogP contribution in [0.4, 0.5) is 0 Å². The van der Waals surface area contributed by atoms with E-state index in [1.165, 1.54) is 16.4 Å².